The van der Waals surface area contributed by atoms with Gasteiger partial charge in [0.05, 0.1) is 50.6 Å². The second-order valence-electron chi connectivity index (χ2n) is 16.4. The van der Waals surface area contributed by atoms with E-state index in [1.54, 1.807) is 6.92 Å². The number of carboxylic acid groups (broad SMARTS) is 1. The Hall–Kier alpha value is -1.98. The first-order valence-electron chi connectivity index (χ1n) is 20.6. The molecule has 5 aliphatic rings. The van der Waals surface area contributed by atoms with E-state index >= 15 is 0 Å². The van der Waals surface area contributed by atoms with Crippen LogP contribution in [0.25, 0.3) is 0 Å². The van der Waals surface area contributed by atoms with E-state index in [1.807, 2.05) is 0 Å². The normalized spacial score (nSPS) is 48.4. The number of carbonyl (C=O) groups is 2. The number of amides is 1. The third-order valence-corrected chi connectivity index (χ3v) is 11.9. The number of aliphatic hydroxyl groups excluding tert-OH is 12. The number of aliphatic carboxylic acids is 1. The van der Waals surface area contributed by atoms with Gasteiger partial charge in [-0.15, -0.1) is 0 Å². The number of hydrogen-bond donors (Lipinski definition) is 14. The van der Waals surface area contributed by atoms with Crippen molar-refractivity contribution >= 4 is 11.9 Å². The highest BCUT2D eigenvalue weighted by Gasteiger charge is 2.57. The van der Waals surface area contributed by atoms with Crippen LogP contribution in [0, 0.1) is 5.92 Å². The minimum atomic E-state index is -2.21. The van der Waals surface area contributed by atoms with Crippen molar-refractivity contribution in [2.45, 2.75) is 181 Å². The van der Waals surface area contributed by atoms with E-state index in [1.165, 1.54) is 21.0 Å². The molecule has 27 nitrogen and oxygen atoms in total. The fraction of sp³-hybridized carbons (Fsp3) is 0.946. The summed E-state index contributed by atoms with van der Waals surface area (Å²) in [6.45, 7) is 1.96. The number of carboxylic acids is 1. The zero-order valence-corrected chi connectivity index (χ0v) is 35.5. The second kappa shape index (κ2) is 22.9. The van der Waals surface area contributed by atoms with E-state index in [4.69, 9.17) is 52.1 Å². The second-order valence-corrected chi connectivity index (χ2v) is 16.4. The van der Waals surface area contributed by atoms with E-state index in [9.17, 15) is 76.0 Å². The van der Waals surface area contributed by atoms with Crippen LogP contribution in [-0.4, -0.2) is 266 Å². The van der Waals surface area contributed by atoms with Gasteiger partial charge in [0.15, 0.2) is 37.6 Å². The highest BCUT2D eigenvalue weighted by atomic mass is 16.8. The molecule has 0 aromatic carbocycles. The van der Waals surface area contributed by atoms with Crippen molar-refractivity contribution in [1.82, 2.24) is 5.32 Å². The van der Waals surface area contributed by atoms with Gasteiger partial charge < -0.3 is 124 Å². The predicted molar refractivity (Wildman–Crippen MR) is 201 cm³/mol. The molecular formula is C37H63NO26. The number of hydrogen-bond acceptors (Lipinski definition) is 25. The molecule has 14 N–H and O–H groups in total. The van der Waals surface area contributed by atoms with Crippen molar-refractivity contribution in [3.63, 3.8) is 0 Å². The highest BCUT2D eigenvalue weighted by molar-refractivity contribution is 5.76. The van der Waals surface area contributed by atoms with E-state index < -0.39 is 191 Å². The van der Waals surface area contributed by atoms with Gasteiger partial charge >= 0.3 is 5.97 Å². The van der Waals surface area contributed by atoms with Crippen LogP contribution in [0.3, 0.4) is 0 Å². The summed E-state index contributed by atoms with van der Waals surface area (Å²) in [5.41, 5.74) is 0. The number of carbonyl (C=O) groups excluding carboxylic acids is 1. The summed E-state index contributed by atoms with van der Waals surface area (Å²) in [5, 5.41) is 141. The van der Waals surface area contributed by atoms with Gasteiger partial charge in [0.1, 0.15) is 91.6 Å². The molecule has 0 spiro atoms. The third kappa shape index (κ3) is 11.3. The average Bonchev–Trinajstić information content (AvgIpc) is 3.25. The Labute approximate surface area is 365 Å². The Kier molecular flexibility index (Phi) is 18.9. The SMILES string of the molecule is CO[C@@H]1OC(CO)[C@@H](O)C(O[C@@H]2OC(CO)[C@@H](O[C@@H]3OC(CO)[C@@H](OC)C(O[C@@H]4OC(C(=O)O)[C@@H](O[C@H]5OC(C)[C@@H](NC(=O)C[C@@H](C)O)[C@H](O)C5O)C(O)[C@@H]4O)C3O)C(O)[C@@H]2O)C1C. The van der Waals surface area contributed by atoms with Crippen LogP contribution in [0.2, 0.25) is 0 Å². The van der Waals surface area contributed by atoms with Gasteiger partial charge in [0, 0.05) is 20.1 Å². The van der Waals surface area contributed by atoms with Crippen molar-refractivity contribution in [2.24, 2.45) is 5.92 Å². The van der Waals surface area contributed by atoms with Crippen LogP contribution in [0.4, 0.5) is 0 Å². The number of rotatable bonds is 17. The third-order valence-electron chi connectivity index (χ3n) is 11.9. The van der Waals surface area contributed by atoms with E-state index in [2.05, 4.69) is 5.32 Å². The maximum atomic E-state index is 12.5. The number of aliphatic hydroxyl groups is 12. The quantitative estimate of drug-likeness (QED) is 0.0644. The minimum absolute atomic E-state index is 0.332. The summed E-state index contributed by atoms with van der Waals surface area (Å²) >= 11 is 0. The van der Waals surface area contributed by atoms with Gasteiger partial charge in [-0.1, -0.05) is 6.92 Å². The van der Waals surface area contributed by atoms with Gasteiger partial charge in [-0.05, 0) is 13.8 Å². The van der Waals surface area contributed by atoms with Crippen LogP contribution >= 0.6 is 0 Å². The Morgan fingerprint density at radius 2 is 1.02 bits per heavy atom. The van der Waals surface area contributed by atoms with Gasteiger partial charge in [-0.2, -0.15) is 0 Å². The number of nitrogens with one attached hydrogen (secondary N) is 1. The summed E-state index contributed by atoms with van der Waals surface area (Å²) < 4.78 is 62.0. The zero-order chi connectivity index (χ0) is 47.5. The molecule has 5 saturated heterocycles. The molecule has 372 valence electrons. The molecule has 5 aliphatic heterocycles. The van der Waals surface area contributed by atoms with Gasteiger partial charge in [0.25, 0.3) is 0 Å². The molecule has 0 aromatic rings. The maximum Gasteiger partial charge on any atom is 0.335 e. The van der Waals surface area contributed by atoms with Crippen molar-refractivity contribution in [3.8, 4) is 0 Å². The monoisotopic (exact) mass is 937 g/mol. The molecule has 0 aliphatic carbocycles. The largest absolute Gasteiger partial charge is 0.479 e. The summed E-state index contributed by atoms with van der Waals surface area (Å²) in [5.74, 6) is -3.18. The van der Waals surface area contributed by atoms with Crippen LogP contribution in [-0.2, 0) is 61.7 Å². The lowest BCUT2D eigenvalue weighted by Crippen LogP contribution is -2.68. The van der Waals surface area contributed by atoms with E-state index in [-0.39, 0.29) is 6.42 Å². The molecular weight excluding hydrogens is 874 g/mol. The number of methoxy groups -OCH3 is 2. The zero-order valence-electron chi connectivity index (χ0n) is 35.5. The van der Waals surface area contributed by atoms with Crippen LogP contribution in [0.1, 0.15) is 27.2 Å². The lowest BCUT2D eigenvalue weighted by molar-refractivity contribution is -0.390. The smallest absolute Gasteiger partial charge is 0.335 e. The molecule has 64 heavy (non-hydrogen) atoms. The Bertz CT molecular complexity index is 1470. The Balaban J connectivity index is 1.29. The first-order valence-corrected chi connectivity index (χ1v) is 20.6. The van der Waals surface area contributed by atoms with Gasteiger partial charge in [0.2, 0.25) is 5.91 Å². The summed E-state index contributed by atoms with van der Waals surface area (Å²) in [4.78, 5) is 24.8. The standard InChI is InChI=1S/C37H63NO26/c1-10(42)6-16(43)38-17-12(3)56-34(22(48)19(17)45)62-29-21(47)24(50)36(64-31(29)32(52)53)63-30-25(51)37(59-15(9-41)28(30)54-4)61-27-14(8-40)58-35(23(49)20(27)46)60-26-11(2)33(55-5)57-13(7-39)18(26)44/h10-15,17-31,33-37,39-42,44-51H,6-9H2,1-5H3,(H,38,43)(H,52,53)/t10-,11?,12?,13?,14?,15?,17-,18-,19+,20?,21?,22?,23+,24+,25?,26?,27-,28-,29+,30?,31?,33-,34-,35+,36-,37+/m1/s1. The molecule has 5 fully saturated rings. The molecule has 5 rings (SSSR count). The fourth-order valence-electron chi connectivity index (χ4n) is 8.38. The molecule has 0 bridgehead atoms. The molecule has 0 saturated carbocycles. The Morgan fingerprint density at radius 1 is 0.547 bits per heavy atom. The van der Waals surface area contributed by atoms with Crippen LogP contribution < -0.4 is 5.32 Å². The molecule has 0 radical (unpaired) electrons. The Morgan fingerprint density at radius 3 is 1.56 bits per heavy atom. The molecule has 0 aromatic heterocycles. The summed E-state index contributed by atoms with van der Waals surface area (Å²) in [7, 11) is 2.44. The molecule has 26 atom stereocenters. The molecule has 5 heterocycles. The molecule has 12 unspecified atom stereocenters. The fourth-order valence-corrected chi connectivity index (χ4v) is 8.38. The minimum Gasteiger partial charge on any atom is -0.479 e. The van der Waals surface area contributed by atoms with E-state index in [0.717, 1.165) is 7.11 Å². The van der Waals surface area contributed by atoms with Crippen molar-refractivity contribution in [3.05, 3.63) is 0 Å². The summed E-state index contributed by atoms with van der Waals surface area (Å²) in [6, 6.07) is -1.21. The van der Waals surface area contributed by atoms with Crippen LogP contribution in [0.5, 0.6) is 0 Å². The van der Waals surface area contributed by atoms with Crippen molar-refractivity contribution < 1.29 is 128 Å². The average molecular weight is 938 g/mol. The first-order chi connectivity index (χ1) is 30.2. The molecule has 1 amide bonds. The predicted octanol–water partition coefficient (Wildman–Crippen LogP) is -8.33. The molecule has 27 heteroatoms. The van der Waals surface area contributed by atoms with Crippen molar-refractivity contribution in [1.29, 1.82) is 0 Å². The van der Waals surface area contributed by atoms with Crippen LogP contribution in [0.15, 0.2) is 0 Å². The first kappa shape index (κ1) is 53.0. The van der Waals surface area contributed by atoms with Gasteiger partial charge in [-0.25, -0.2) is 4.79 Å². The lowest BCUT2D eigenvalue weighted by Gasteiger charge is -2.50. The highest BCUT2D eigenvalue weighted by Crippen LogP contribution is 2.37. The van der Waals surface area contributed by atoms with E-state index in [0.29, 0.717) is 0 Å². The number of ether oxygens (including phenoxy) is 11. The lowest BCUT2D eigenvalue weighted by atomic mass is 9.91. The maximum absolute atomic E-state index is 12.5. The summed E-state index contributed by atoms with van der Waals surface area (Å²) in [6.07, 6.45) is -41.1. The van der Waals surface area contributed by atoms with Gasteiger partial charge in [-0.3, -0.25) is 4.79 Å². The van der Waals surface area contributed by atoms with Crippen molar-refractivity contribution in [2.75, 3.05) is 34.0 Å². The topological polar surface area (TPSA) is 411 Å².